The molecule has 1 aromatic rings. The minimum Gasteiger partial charge on any atom is -0.315 e. The van der Waals surface area contributed by atoms with E-state index in [2.05, 4.69) is 19.2 Å². The summed E-state index contributed by atoms with van der Waals surface area (Å²) < 4.78 is 47.9. The average Bonchev–Trinajstić information content (AvgIpc) is 2.77. The first-order valence-electron chi connectivity index (χ1n) is 6.72. The highest BCUT2D eigenvalue weighted by Crippen LogP contribution is 2.37. The normalized spacial score (nSPS) is 20.5. The van der Waals surface area contributed by atoms with Gasteiger partial charge in [0, 0.05) is 6.54 Å². The Hall–Kier alpha value is -0.190. The fourth-order valence-corrected chi connectivity index (χ4v) is 6.90. The molecule has 3 N–H and O–H groups in total. The molecule has 0 amide bonds. The number of thiophene rings is 1. The number of sulfonamides is 1. The minimum absolute atomic E-state index is 0. The predicted octanol–water partition coefficient (Wildman–Crippen LogP) is 1.15. The van der Waals surface area contributed by atoms with Gasteiger partial charge in [-0.2, -0.15) is 0 Å². The lowest BCUT2D eigenvalue weighted by molar-refractivity contribution is 0.512. The van der Waals surface area contributed by atoms with Crippen molar-refractivity contribution >= 4 is 43.6 Å². The van der Waals surface area contributed by atoms with Crippen LogP contribution >= 0.6 is 23.7 Å². The molecule has 0 aromatic carbocycles. The van der Waals surface area contributed by atoms with Gasteiger partial charge in [-0.05, 0) is 36.9 Å². The summed E-state index contributed by atoms with van der Waals surface area (Å²) in [7, 11) is -7.34. The number of hydrogen-bond acceptors (Lipinski definition) is 6. The molecular weight excluding hydrogens is 368 g/mol. The second-order valence-electron chi connectivity index (χ2n) is 5.68. The van der Waals surface area contributed by atoms with Gasteiger partial charge in [0.25, 0.3) is 0 Å². The second-order valence-corrected chi connectivity index (χ2v) is 10.9. The van der Waals surface area contributed by atoms with Gasteiger partial charge in [0.1, 0.15) is 8.42 Å². The number of hydrogen-bond donors (Lipinski definition) is 2. The quantitative estimate of drug-likeness (QED) is 0.786. The number of halogens is 1. The zero-order valence-corrected chi connectivity index (χ0v) is 15.7. The van der Waals surface area contributed by atoms with E-state index in [1.807, 2.05) is 0 Å². The first kappa shape index (κ1) is 19.9. The molecule has 10 heteroatoms. The Labute approximate surface area is 141 Å². The van der Waals surface area contributed by atoms with Crippen LogP contribution in [-0.4, -0.2) is 35.2 Å². The van der Waals surface area contributed by atoms with Gasteiger partial charge in [0.15, 0.2) is 9.84 Å². The molecule has 0 spiro atoms. The van der Waals surface area contributed by atoms with Gasteiger partial charge in [-0.1, -0.05) is 13.8 Å². The van der Waals surface area contributed by atoms with Crippen LogP contribution in [0.2, 0.25) is 0 Å². The molecular formula is C12H21ClN2O4S3. The monoisotopic (exact) mass is 388 g/mol. The zero-order valence-electron chi connectivity index (χ0n) is 12.4. The summed E-state index contributed by atoms with van der Waals surface area (Å²) in [5.74, 6) is 0.447. The molecule has 1 aliphatic rings. The van der Waals surface area contributed by atoms with E-state index in [-0.39, 0.29) is 20.8 Å². The fourth-order valence-electron chi connectivity index (χ4n) is 2.31. The molecule has 1 aromatic heterocycles. The lowest BCUT2D eigenvalue weighted by atomic mass is 10.1. The van der Waals surface area contributed by atoms with Gasteiger partial charge >= 0.3 is 0 Å². The molecule has 1 atom stereocenters. The number of aryl methyl sites for hydroxylation is 1. The summed E-state index contributed by atoms with van der Waals surface area (Å²) in [6.45, 7) is 5.25. The van der Waals surface area contributed by atoms with Crippen molar-refractivity contribution in [3.8, 4) is 0 Å². The number of fused-ring (bicyclic) bond motifs is 1. The molecule has 0 aliphatic carbocycles. The van der Waals surface area contributed by atoms with E-state index in [1.54, 1.807) is 0 Å². The predicted molar refractivity (Wildman–Crippen MR) is 89.9 cm³/mol. The molecule has 6 nitrogen and oxygen atoms in total. The molecule has 0 fully saturated rings. The van der Waals surface area contributed by atoms with Crippen LogP contribution in [0.5, 0.6) is 0 Å². The minimum atomic E-state index is -3.85. The number of nitrogens with two attached hydrogens (primary N) is 1. The first-order valence-corrected chi connectivity index (χ1v) is 10.6. The van der Waals surface area contributed by atoms with Crippen molar-refractivity contribution in [2.45, 2.75) is 40.4 Å². The van der Waals surface area contributed by atoms with E-state index in [9.17, 15) is 16.8 Å². The number of sulfone groups is 1. The largest absolute Gasteiger partial charge is 0.315 e. The van der Waals surface area contributed by atoms with Crippen molar-refractivity contribution < 1.29 is 16.8 Å². The van der Waals surface area contributed by atoms with Crippen molar-refractivity contribution in [1.29, 1.82) is 0 Å². The maximum atomic E-state index is 12.6. The maximum Gasteiger partial charge on any atom is 0.247 e. The van der Waals surface area contributed by atoms with Crippen LogP contribution in [0, 0.1) is 5.92 Å². The SMILES string of the molecule is CC(C)CNCC1CCc2cc(S(N)(=O)=O)sc2S1(=O)=O.Cl. The van der Waals surface area contributed by atoms with Crippen LogP contribution < -0.4 is 10.5 Å². The van der Waals surface area contributed by atoms with Gasteiger partial charge in [0.05, 0.1) is 5.25 Å². The Morgan fingerprint density at radius 1 is 1.45 bits per heavy atom. The maximum absolute atomic E-state index is 12.6. The highest BCUT2D eigenvalue weighted by molar-refractivity contribution is 7.95. The highest BCUT2D eigenvalue weighted by Gasteiger charge is 2.36. The van der Waals surface area contributed by atoms with Crippen LogP contribution in [0.4, 0.5) is 0 Å². The first-order chi connectivity index (χ1) is 9.62. The van der Waals surface area contributed by atoms with Crippen molar-refractivity contribution in [2.75, 3.05) is 13.1 Å². The van der Waals surface area contributed by atoms with Gasteiger partial charge in [-0.15, -0.1) is 23.7 Å². The van der Waals surface area contributed by atoms with Crippen molar-refractivity contribution in [1.82, 2.24) is 5.32 Å². The Kier molecular flexibility index (Phi) is 6.45. The molecule has 0 radical (unpaired) electrons. The van der Waals surface area contributed by atoms with E-state index in [4.69, 9.17) is 5.14 Å². The van der Waals surface area contributed by atoms with E-state index in [1.165, 1.54) is 6.07 Å². The van der Waals surface area contributed by atoms with Crippen LogP contribution in [0.15, 0.2) is 14.5 Å². The molecule has 0 saturated carbocycles. The third kappa shape index (κ3) is 4.21. The van der Waals surface area contributed by atoms with Crippen LogP contribution in [0.3, 0.4) is 0 Å². The van der Waals surface area contributed by atoms with E-state index < -0.39 is 25.1 Å². The molecule has 1 unspecified atom stereocenters. The summed E-state index contributed by atoms with van der Waals surface area (Å²) in [4.78, 5) is 0. The van der Waals surface area contributed by atoms with Crippen molar-refractivity contribution in [3.05, 3.63) is 11.6 Å². The lowest BCUT2D eigenvalue weighted by Crippen LogP contribution is -2.37. The molecule has 0 bridgehead atoms. The summed E-state index contributed by atoms with van der Waals surface area (Å²) in [6, 6.07) is 1.39. The summed E-state index contributed by atoms with van der Waals surface area (Å²) in [5, 5.41) is 7.74. The van der Waals surface area contributed by atoms with Crippen molar-refractivity contribution in [2.24, 2.45) is 11.1 Å². The molecule has 2 rings (SSSR count). The standard InChI is InChI=1S/C12H20N2O4S3.ClH/c1-8(2)6-14-7-10-4-3-9-5-11(21(13,17)18)19-12(9)20(10,15)16;/h5,8,10,14H,3-4,6-7H2,1-2H3,(H2,13,17,18);1H. The molecule has 1 aliphatic heterocycles. The third-order valence-electron chi connectivity index (χ3n) is 3.39. The zero-order chi connectivity index (χ0) is 15.8. The fraction of sp³-hybridized carbons (Fsp3) is 0.667. The van der Waals surface area contributed by atoms with Gasteiger partial charge in [0.2, 0.25) is 10.0 Å². The number of rotatable bonds is 5. The Balaban J connectivity index is 0.00000242. The second kappa shape index (κ2) is 7.14. The third-order valence-corrected chi connectivity index (χ3v) is 8.78. The molecule has 0 saturated heterocycles. The number of nitrogens with one attached hydrogen (secondary N) is 1. The summed E-state index contributed by atoms with van der Waals surface area (Å²) in [5.41, 5.74) is 0.573. The van der Waals surface area contributed by atoms with Crippen molar-refractivity contribution in [3.63, 3.8) is 0 Å². The van der Waals surface area contributed by atoms with Gasteiger partial charge in [-0.3, -0.25) is 0 Å². The summed E-state index contributed by atoms with van der Waals surface area (Å²) >= 11 is 0.764. The number of primary sulfonamides is 1. The Morgan fingerprint density at radius 2 is 2.09 bits per heavy atom. The molecule has 2 heterocycles. The summed E-state index contributed by atoms with van der Waals surface area (Å²) in [6.07, 6.45) is 1.07. The van der Waals surface area contributed by atoms with Crippen LogP contribution in [0.1, 0.15) is 25.8 Å². The Morgan fingerprint density at radius 3 is 2.64 bits per heavy atom. The van der Waals surface area contributed by atoms with E-state index >= 15 is 0 Å². The average molecular weight is 389 g/mol. The molecule has 22 heavy (non-hydrogen) atoms. The van der Waals surface area contributed by atoms with E-state index in [0.29, 0.717) is 30.9 Å². The van der Waals surface area contributed by atoms with Crippen LogP contribution in [0.25, 0.3) is 0 Å². The highest BCUT2D eigenvalue weighted by atomic mass is 35.5. The topological polar surface area (TPSA) is 106 Å². The van der Waals surface area contributed by atoms with Gasteiger partial charge < -0.3 is 5.32 Å². The smallest absolute Gasteiger partial charge is 0.247 e. The van der Waals surface area contributed by atoms with Crippen LogP contribution in [-0.2, 0) is 26.3 Å². The van der Waals surface area contributed by atoms with Gasteiger partial charge in [-0.25, -0.2) is 22.0 Å². The molecule has 128 valence electrons. The van der Waals surface area contributed by atoms with E-state index in [0.717, 1.165) is 17.9 Å². The lowest BCUT2D eigenvalue weighted by Gasteiger charge is -2.23. The Bertz CT molecular complexity index is 726.